The third-order valence-electron chi connectivity index (χ3n) is 3.44. The maximum absolute atomic E-state index is 9.16. The topological polar surface area (TPSA) is 54.5 Å². The molecule has 0 unspecified atom stereocenters. The number of hydrogen-bond donors (Lipinski definition) is 0. The number of aryl methyl sites for hydroxylation is 1. The highest BCUT2D eigenvalue weighted by Crippen LogP contribution is 2.26. The molecule has 2 aromatic carbocycles. The van der Waals surface area contributed by atoms with E-state index in [1.807, 2.05) is 54.0 Å². The third kappa shape index (κ3) is 3.39. The molecule has 3 rings (SSSR count). The molecule has 0 saturated carbocycles. The fourth-order valence-electron chi connectivity index (χ4n) is 2.13. The predicted molar refractivity (Wildman–Crippen MR) is 91.8 cm³/mol. The molecule has 0 aliphatic heterocycles. The number of aromatic nitrogens is 3. The summed E-state index contributed by atoms with van der Waals surface area (Å²) in [5, 5.41) is 18.8. The third-order valence-corrected chi connectivity index (χ3v) is 4.84. The summed E-state index contributed by atoms with van der Waals surface area (Å²) >= 11 is 7.74. The summed E-state index contributed by atoms with van der Waals surface area (Å²) in [5.74, 6) is 0.655. The Kier molecular flexibility index (Phi) is 4.65. The fourth-order valence-corrected chi connectivity index (χ4v) is 3.24. The van der Waals surface area contributed by atoms with Crippen LogP contribution in [0, 0.1) is 18.3 Å². The van der Waals surface area contributed by atoms with Gasteiger partial charge < -0.3 is 0 Å². The number of rotatable bonds is 4. The normalized spacial score (nSPS) is 10.5. The van der Waals surface area contributed by atoms with Crippen LogP contribution in [-0.4, -0.2) is 14.8 Å². The predicted octanol–water partition coefficient (Wildman–Crippen LogP) is 4.39. The molecule has 23 heavy (non-hydrogen) atoms. The monoisotopic (exact) mass is 340 g/mol. The first-order valence-corrected chi connectivity index (χ1v) is 8.33. The Balaban J connectivity index is 1.84. The standard InChI is InChI=1S/C17H13ClN4S/c1-12-6-7-15(8-16(12)18)22-11-20-21-17(22)23-10-14-5-3-2-4-13(14)9-19/h2-8,11H,10H2,1H3. The summed E-state index contributed by atoms with van der Waals surface area (Å²) in [6.45, 7) is 1.97. The SMILES string of the molecule is Cc1ccc(-n2cnnc2SCc2ccccc2C#N)cc1Cl. The first-order chi connectivity index (χ1) is 11.2. The zero-order valence-electron chi connectivity index (χ0n) is 12.4. The molecular formula is C17H13ClN4S. The first-order valence-electron chi connectivity index (χ1n) is 6.96. The minimum atomic E-state index is 0.655. The van der Waals surface area contributed by atoms with Crippen LogP contribution in [0.15, 0.2) is 53.9 Å². The molecule has 0 atom stereocenters. The van der Waals surface area contributed by atoms with Gasteiger partial charge in [-0.3, -0.25) is 4.57 Å². The van der Waals surface area contributed by atoms with Gasteiger partial charge in [0, 0.05) is 10.8 Å². The van der Waals surface area contributed by atoms with E-state index in [1.165, 1.54) is 11.8 Å². The lowest BCUT2D eigenvalue weighted by molar-refractivity contribution is 0.883. The van der Waals surface area contributed by atoms with Gasteiger partial charge in [-0.2, -0.15) is 5.26 Å². The van der Waals surface area contributed by atoms with Crippen molar-refractivity contribution in [1.29, 1.82) is 5.26 Å². The van der Waals surface area contributed by atoms with E-state index >= 15 is 0 Å². The van der Waals surface area contributed by atoms with E-state index in [0.717, 1.165) is 22.0 Å². The van der Waals surface area contributed by atoms with Crippen molar-refractivity contribution in [2.75, 3.05) is 0 Å². The first kappa shape index (κ1) is 15.6. The lowest BCUT2D eigenvalue weighted by Gasteiger charge is -2.08. The second kappa shape index (κ2) is 6.86. The van der Waals surface area contributed by atoms with Gasteiger partial charge in [-0.1, -0.05) is 47.6 Å². The van der Waals surface area contributed by atoms with Crippen LogP contribution < -0.4 is 0 Å². The molecule has 0 fully saturated rings. The van der Waals surface area contributed by atoms with Gasteiger partial charge in [0.2, 0.25) is 0 Å². The lowest BCUT2D eigenvalue weighted by Crippen LogP contribution is -1.96. The quantitative estimate of drug-likeness (QED) is 0.661. The van der Waals surface area contributed by atoms with Gasteiger partial charge in [-0.15, -0.1) is 10.2 Å². The average molecular weight is 341 g/mol. The smallest absolute Gasteiger partial charge is 0.195 e. The van der Waals surface area contributed by atoms with Crippen LogP contribution in [0.1, 0.15) is 16.7 Å². The summed E-state index contributed by atoms with van der Waals surface area (Å²) in [4.78, 5) is 0. The highest BCUT2D eigenvalue weighted by molar-refractivity contribution is 7.98. The summed E-state index contributed by atoms with van der Waals surface area (Å²) < 4.78 is 1.89. The van der Waals surface area contributed by atoms with Crippen LogP contribution in [0.3, 0.4) is 0 Å². The van der Waals surface area contributed by atoms with Crippen molar-refractivity contribution in [1.82, 2.24) is 14.8 Å². The molecule has 0 aliphatic rings. The molecule has 4 nitrogen and oxygen atoms in total. The molecule has 0 spiro atoms. The Hall–Kier alpha value is -2.29. The molecular weight excluding hydrogens is 328 g/mol. The largest absolute Gasteiger partial charge is 0.277 e. The number of hydrogen-bond acceptors (Lipinski definition) is 4. The molecule has 0 bridgehead atoms. The summed E-state index contributed by atoms with van der Waals surface area (Å²) in [6, 6.07) is 15.6. The molecule has 1 heterocycles. The molecule has 0 N–H and O–H groups in total. The van der Waals surface area contributed by atoms with Crippen LogP contribution >= 0.6 is 23.4 Å². The Morgan fingerprint density at radius 1 is 1.26 bits per heavy atom. The molecule has 0 saturated heterocycles. The van der Waals surface area contributed by atoms with E-state index in [4.69, 9.17) is 16.9 Å². The highest BCUT2D eigenvalue weighted by atomic mass is 35.5. The van der Waals surface area contributed by atoms with Crippen LogP contribution in [0.25, 0.3) is 5.69 Å². The van der Waals surface area contributed by atoms with Crippen molar-refractivity contribution in [2.24, 2.45) is 0 Å². The molecule has 0 radical (unpaired) electrons. The van der Waals surface area contributed by atoms with Crippen molar-refractivity contribution in [3.8, 4) is 11.8 Å². The van der Waals surface area contributed by atoms with Gasteiger partial charge >= 0.3 is 0 Å². The second-order valence-corrected chi connectivity index (χ2v) is 6.32. The van der Waals surface area contributed by atoms with Crippen molar-refractivity contribution in [3.63, 3.8) is 0 Å². The Bertz CT molecular complexity index is 882. The molecule has 6 heteroatoms. The van der Waals surface area contributed by atoms with E-state index < -0.39 is 0 Å². The van der Waals surface area contributed by atoms with E-state index in [2.05, 4.69) is 16.3 Å². The molecule has 3 aromatic rings. The minimum absolute atomic E-state index is 0.655. The summed E-state index contributed by atoms with van der Waals surface area (Å²) in [5.41, 5.74) is 3.61. The minimum Gasteiger partial charge on any atom is -0.277 e. The maximum atomic E-state index is 9.16. The van der Waals surface area contributed by atoms with E-state index in [1.54, 1.807) is 6.33 Å². The Morgan fingerprint density at radius 2 is 2.09 bits per heavy atom. The zero-order chi connectivity index (χ0) is 16.2. The van der Waals surface area contributed by atoms with Crippen LogP contribution in [0.2, 0.25) is 5.02 Å². The highest BCUT2D eigenvalue weighted by Gasteiger charge is 2.10. The van der Waals surface area contributed by atoms with Crippen molar-refractivity contribution in [2.45, 2.75) is 17.8 Å². The molecule has 0 amide bonds. The van der Waals surface area contributed by atoms with Gasteiger partial charge in [0.25, 0.3) is 0 Å². The molecule has 114 valence electrons. The van der Waals surface area contributed by atoms with E-state index in [9.17, 15) is 0 Å². The van der Waals surface area contributed by atoms with Gasteiger partial charge in [0.1, 0.15) is 6.33 Å². The molecule has 0 aliphatic carbocycles. The van der Waals surface area contributed by atoms with Gasteiger partial charge in [-0.25, -0.2) is 0 Å². The van der Waals surface area contributed by atoms with Crippen molar-refractivity contribution in [3.05, 3.63) is 70.5 Å². The summed E-state index contributed by atoms with van der Waals surface area (Å²) in [6.07, 6.45) is 1.67. The van der Waals surface area contributed by atoms with Gasteiger partial charge in [0.05, 0.1) is 17.3 Å². The molecule has 1 aromatic heterocycles. The fraction of sp³-hybridized carbons (Fsp3) is 0.118. The number of benzene rings is 2. The van der Waals surface area contributed by atoms with Crippen molar-refractivity contribution >= 4 is 23.4 Å². The van der Waals surface area contributed by atoms with Gasteiger partial charge in [0.15, 0.2) is 5.16 Å². The van der Waals surface area contributed by atoms with Crippen LogP contribution in [0.4, 0.5) is 0 Å². The second-order valence-electron chi connectivity index (χ2n) is 4.97. The van der Waals surface area contributed by atoms with Crippen LogP contribution in [0.5, 0.6) is 0 Å². The van der Waals surface area contributed by atoms with E-state index in [-0.39, 0.29) is 0 Å². The Morgan fingerprint density at radius 3 is 2.87 bits per heavy atom. The summed E-state index contributed by atoms with van der Waals surface area (Å²) in [7, 11) is 0. The Labute approximate surface area is 143 Å². The number of thioether (sulfide) groups is 1. The number of halogens is 1. The van der Waals surface area contributed by atoms with Gasteiger partial charge in [-0.05, 0) is 36.2 Å². The average Bonchev–Trinajstić information content (AvgIpc) is 3.04. The van der Waals surface area contributed by atoms with Crippen LogP contribution in [-0.2, 0) is 5.75 Å². The zero-order valence-corrected chi connectivity index (χ0v) is 14.0. The number of nitrogens with zero attached hydrogens (tertiary/aromatic N) is 4. The lowest BCUT2D eigenvalue weighted by atomic mass is 10.1. The maximum Gasteiger partial charge on any atom is 0.195 e. The van der Waals surface area contributed by atoms with Crippen molar-refractivity contribution < 1.29 is 0 Å². The number of nitriles is 1. The van der Waals surface area contributed by atoms with E-state index in [0.29, 0.717) is 16.3 Å².